The average molecular weight is 894 g/mol. The van der Waals surface area contributed by atoms with E-state index in [4.69, 9.17) is 0 Å². The van der Waals surface area contributed by atoms with Gasteiger partial charge in [0.05, 0.1) is 17.1 Å². The largest absolute Gasteiger partial charge is 0.311 e. The highest BCUT2D eigenvalue weighted by Gasteiger charge is 2.54. The number of halogens is 2. The van der Waals surface area contributed by atoms with Crippen molar-refractivity contribution in [1.29, 1.82) is 0 Å². The van der Waals surface area contributed by atoms with E-state index in [2.05, 4.69) is 173 Å². The van der Waals surface area contributed by atoms with Crippen LogP contribution in [0.4, 0.5) is 60.0 Å². The molecule has 13 rings (SSSR count). The third-order valence-corrected chi connectivity index (χ3v) is 19.0. The van der Waals surface area contributed by atoms with Crippen LogP contribution in [0.5, 0.6) is 0 Å². The lowest BCUT2D eigenvalue weighted by atomic mass is 9.33. The van der Waals surface area contributed by atoms with Gasteiger partial charge in [-0.3, -0.25) is 0 Å². The van der Waals surface area contributed by atoms with E-state index < -0.39 is 8.07 Å². The molecule has 0 amide bonds. The van der Waals surface area contributed by atoms with Crippen molar-refractivity contribution in [3.05, 3.63) is 248 Å². The Morgan fingerprint density at radius 1 is 0.353 bits per heavy atom. The zero-order valence-corrected chi connectivity index (χ0v) is 38.2. The summed E-state index contributed by atoms with van der Waals surface area (Å²) in [5.74, 6) is -0.558. The summed E-state index contributed by atoms with van der Waals surface area (Å²) < 4.78 is 32.5. The van der Waals surface area contributed by atoms with Gasteiger partial charge in [0.15, 0.2) is 0 Å². The summed E-state index contributed by atoms with van der Waals surface area (Å²) in [6.07, 6.45) is 0. The zero-order chi connectivity index (χ0) is 45.5. The summed E-state index contributed by atoms with van der Waals surface area (Å²) >= 11 is 0. The second kappa shape index (κ2) is 15.7. The number of hydrogen-bond donors (Lipinski definition) is 0. The van der Waals surface area contributed by atoms with Crippen LogP contribution in [0.1, 0.15) is 0 Å². The molecule has 0 aromatic heterocycles. The highest BCUT2D eigenvalue weighted by molar-refractivity contribution is 7.21. The standard InChI is InChI=1S/C61H42BF2N3Si/c1-68(44-25-9-4-10-26-44)57-37-19-35-53-60(57)62-59-55(66(53)51-33-17-13-29-47(51)45-27-11-15-31-49(45)63)39-43(65(41-21-5-2-6-22-41)42-23-7-3-8-24-42)40-56(59)67(54-36-20-38-58(68)61(54)62)52-34-18-14-30-48(52)46-28-12-16-32-50(46)64/h2-40H,1H3. The van der Waals surface area contributed by atoms with Gasteiger partial charge in [-0.2, -0.15) is 0 Å². The van der Waals surface area contributed by atoms with E-state index in [0.717, 1.165) is 67.8 Å². The maximum Gasteiger partial charge on any atom is 0.251 e. The molecule has 0 N–H and O–H groups in total. The van der Waals surface area contributed by atoms with Gasteiger partial charge >= 0.3 is 0 Å². The van der Waals surface area contributed by atoms with Gasteiger partial charge in [0.25, 0.3) is 6.71 Å². The molecule has 0 bridgehead atoms. The van der Waals surface area contributed by atoms with Crippen molar-refractivity contribution in [1.82, 2.24) is 0 Å². The van der Waals surface area contributed by atoms with Crippen molar-refractivity contribution < 1.29 is 8.78 Å². The molecule has 7 heteroatoms. The van der Waals surface area contributed by atoms with Gasteiger partial charge in [-0.1, -0.05) is 181 Å². The molecule has 0 spiro atoms. The Kier molecular flexibility index (Phi) is 9.24. The Morgan fingerprint density at radius 3 is 1.19 bits per heavy atom. The van der Waals surface area contributed by atoms with E-state index in [-0.39, 0.29) is 18.3 Å². The van der Waals surface area contributed by atoms with E-state index >= 15 is 8.78 Å². The third kappa shape index (κ3) is 5.88. The Labute approximate surface area is 396 Å². The number of benzene rings is 10. The highest BCUT2D eigenvalue weighted by atomic mass is 28.3. The van der Waals surface area contributed by atoms with Gasteiger partial charge in [-0.05, 0) is 94.4 Å². The van der Waals surface area contributed by atoms with Crippen molar-refractivity contribution in [2.24, 2.45) is 0 Å². The predicted molar refractivity (Wildman–Crippen MR) is 283 cm³/mol. The van der Waals surface area contributed by atoms with E-state index in [1.807, 2.05) is 60.7 Å². The van der Waals surface area contributed by atoms with Gasteiger partial charge in [-0.15, -0.1) is 0 Å². The quantitative estimate of drug-likeness (QED) is 0.141. The second-order valence-electron chi connectivity index (χ2n) is 18.0. The van der Waals surface area contributed by atoms with Gasteiger partial charge in [0.1, 0.15) is 19.7 Å². The zero-order valence-electron chi connectivity index (χ0n) is 37.2. The molecule has 3 aliphatic rings. The van der Waals surface area contributed by atoms with Crippen LogP contribution in [-0.4, -0.2) is 14.8 Å². The van der Waals surface area contributed by atoms with Crippen molar-refractivity contribution in [3.8, 4) is 22.3 Å². The lowest BCUT2D eigenvalue weighted by Gasteiger charge is -2.51. The summed E-state index contributed by atoms with van der Waals surface area (Å²) in [6, 6.07) is 81.1. The molecule has 3 heterocycles. The highest BCUT2D eigenvalue weighted by Crippen LogP contribution is 2.51. The SMILES string of the molecule is C[Si]1(c2ccccc2)c2cccc3c2B2c4c(cc(N(c5ccccc5)c5ccccc5)cc4N(c4ccccc4-c4ccccc4F)c4cccc1c42)N3c1ccccc1-c1ccccc1F. The molecule has 0 aliphatic carbocycles. The van der Waals surface area contributed by atoms with Gasteiger partial charge in [0.2, 0.25) is 0 Å². The topological polar surface area (TPSA) is 9.72 Å². The molecular weight excluding hydrogens is 852 g/mol. The minimum absolute atomic E-state index is 0.147. The molecule has 0 saturated heterocycles. The molecule has 0 atom stereocenters. The predicted octanol–water partition coefficient (Wildman–Crippen LogP) is 12.3. The lowest BCUT2D eigenvalue weighted by molar-refractivity contribution is 0.631. The fourth-order valence-electron chi connectivity index (χ4n) is 11.6. The summed E-state index contributed by atoms with van der Waals surface area (Å²) in [4.78, 5) is 7.14. The van der Waals surface area contributed by atoms with Crippen LogP contribution in [0.3, 0.4) is 0 Å². The van der Waals surface area contributed by atoms with Crippen LogP contribution in [-0.2, 0) is 0 Å². The van der Waals surface area contributed by atoms with E-state index in [1.54, 1.807) is 24.3 Å². The molecule has 10 aromatic rings. The maximum atomic E-state index is 16.3. The number of rotatable bonds is 8. The van der Waals surface area contributed by atoms with Crippen molar-refractivity contribution in [2.45, 2.75) is 6.55 Å². The van der Waals surface area contributed by atoms with Crippen LogP contribution in [0.2, 0.25) is 6.55 Å². The molecule has 0 radical (unpaired) electrons. The molecule has 68 heavy (non-hydrogen) atoms. The third-order valence-electron chi connectivity index (χ3n) is 14.5. The minimum Gasteiger partial charge on any atom is -0.311 e. The summed E-state index contributed by atoms with van der Waals surface area (Å²) in [5, 5.41) is 4.05. The summed E-state index contributed by atoms with van der Waals surface area (Å²) in [5.41, 5.74) is 15.2. The van der Waals surface area contributed by atoms with Crippen molar-refractivity contribution in [2.75, 3.05) is 14.7 Å². The Morgan fingerprint density at radius 2 is 0.735 bits per heavy atom. The fraction of sp³-hybridized carbons (Fsp3) is 0.0164. The number of hydrogen-bond acceptors (Lipinski definition) is 3. The van der Waals surface area contributed by atoms with E-state index in [0.29, 0.717) is 11.1 Å². The number of anilines is 9. The molecule has 0 fully saturated rings. The molecule has 3 nitrogen and oxygen atoms in total. The number of para-hydroxylation sites is 4. The first-order valence-electron chi connectivity index (χ1n) is 23.2. The monoisotopic (exact) mass is 893 g/mol. The Balaban J connectivity index is 1.21. The average Bonchev–Trinajstić information content (AvgIpc) is 3.39. The van der Waals surface area contributed by atoms with Crippen LogP contribution in [0, 0.1) is 11.6 Å². The van der Waals surface area contributed by atoms with Gasteiger partial charge in [0, 0.05) is 56.4 Å². The van der Waals surface area contributed by atoms with Crippen LogP contribution < -0.4 is 46.6 Å². The van der Waals surface area contributed by atoms with Gasteiger partial charge in [-0.25, -0.2) is 8.78 Å². The molecular formula is C61H42BF2N3Si. The molecule has 0 saturated carbocycles. The minimum atomic E-state index is -2.77. The summed E-state index contributed by atoms with van der Waals surface area (Å²) in [7, 11) is -2.77. The van der Waals surface area contributed by atoms with E-state index in [1.165, 1.54) is 26.5 Å². The molecule has 0 unspecified atom stereocenters. The first-order chi connectivity index (χ1) is 33.5. The molecule has 10 aromatic carbocycles. The van der Waals surface area contributed by atoms with Gasteiger partial charge < -0.3 is 14.7 Å². The molecule has 322 valence electrons. The van der Waals surface area contributed by atoms with Crippen molar-refractivity contribution >= 4 is 97.9 Å². The van der Waals surface area contributed by atoms with Crippen LogP contribution in [0.25, 0.3) is 22.3 Å². The normalized spacial score (nSPS) is 13.5. The first kappa shape index (κ1) is 40.1. The van der Waals surface area contributed by atoms with E-state index in [9.17, 15) is 0 Å². The summed E-state index contributed by atoms with van der Waals surface area (Å²) in [6.45, 7) is 2.36. The maximum absolute atomic E-state index is 16.3. The molecule has 3 aliphatic heterocycles. The first-order valence-corrected chi connectivity index (χ1v) is 25.7. The van der Waals surface area contributed by atoms with Crippen LogP contribution in [0.15, 0.2) is 237 Å². The van der Waals surface area contributed by atoms with Crippen LogP contribution >= 0.6 is 0 Å². The Bertz CT molecular complexity index is 3400. The smallest absolute Gasteiger partial charge is 0.251 e. The fourth-order valence-corrected chi connectivity index (χ4v) is 15.8. The lowest BCUT2D eigenvalue weighted by Crippen LogP contribution is -2.83. The number of nitrogens with zero attached hydrogens (tertiary/aromatic N) is 3. The Hall–Kier alpha value is -8.26. The second-order valence-corrected chi connectivity index (χ2v) is 21.9. The van der Waals surface area contributed by atoms with Crippen molar-refractivity contribution in [3.63, 3.8) is 0 Å².